The summed E-state index contributed by atoms with van der Waals surface area (Å²) in [5.41, 5.74) is 1.23. The monoisotopic (exact) mass is 229 g/mol. The molecule has 0 aliphatic rings. The standard InChI is InChI=1S/C9H12BrNO/c10-9-5-4-8(7-11-9)3-1-2-6-12/h4-5,7,12H,1-3,6H2. The Morgan fingerprint density at radius 3 is 2.75 bits per heavy atom. The highest BCUT2D eigenvalue weighted by molar-refractivity contribution is 9.10. The fourth-order valence-electron chi connectivity index (χ4n) is 0.995. The molecule has 0 aliphatic heterocycles. The van der Waals surface area contributed by atoms with Crippen molar-refractivity contribution in [1.82, 2.24) is 4.98 Å². The van der Waals surface area contributed by atoms with Crippen molar-refractivity contribution in [3.63, 3.8) is 0 Å². The minimum Gasteiger partial charge on any atom is -0.396 e. The summed E-state index contributed by atoms with van der Waals surface area (Å²) in [5, 5.41) is 8.57. The van der Waals surface area contributed by atoms with E-state index in [1.165, 1.54) is 5.56 Å². The Labute approximate surface area is 80.8 Å². The van der Waals surface area contributed by atoms with E-state index in [0.29, 0.717) is 0 Å². The molecule has 0 aliphatic carbocycles. The van der Waals surface area contributed by atoms with E-state index in [9.17, 15) is 0 Å². The van der Waals surface area contributed by atoms with E-state index in [1.54, 1.807) is 0 Å². The van der Waals surface area contributed by atoms with Crippen molar-refractivity contribution in [2.75, 3.05) is 6.61 Å². The zero-order valence-corrected chi connectivity index (χ0v) is 8.42. The van der Waals surface area contributed by atoms with Crippen LogP contribution in [-0.4, -0.2) is 16.7 Å². The third kappa shape index (κ3) is 3.32. The van der Waals surface area contributed by atoms with Gasteiger partial charge in [-0.05, 0) is 46.8 Å². The molecule has 0 atom stereocenters. The van der Waals surface area contributed by atoms with Gasteiger partial charge < -0.3 is 5.11 Å². The summed E-state index contributed by atoms with van der Waals surface area (Å²) in [4.78, 5) is 4.11. The van der Waals surface area contributed by atoms with E-state index < -0.39 is 0 Å². The molecule has 3 heteroatoms. The maximum Gasteiger partial charge on any atom is 0.106 e. The number of aliphatic hydroxyl groups excluding tert-OH is 1. The van der Waals surface area contributed by atoms with E-state index >= 15 is 0 Å². The van der Waals surface area contributed by atoms with Crippen LogP contribution in [0.2, 0.25) is 0 Å². The predicted molar refractivity (Wildman–Crippen MR) is 52.0 cm³/mol. The van der Waals surface area contributed by atoms with Crippen LogP contribution in [0, 0.1) is 0 Å². The summed E-state index contributed by atoms with van der Waals surface area (Å²) in [6, 6.07) is 3.99. The largest absolute Gasteiger partial charge is 0.396 e. The number of nitrogens with zero attached hydrogens (tertiary/aromatic N) is 1. The minimum atomic E-state index is 0.282. The number of aryl methyl sites for hydroxylation is 1. The van der Waals surface area contributed by atoms with Crippen molar-refractivity contribution < 1.29 is 5.11 Å². The van der Waals surface area contributed by atoms with Crippen molar-refractivity contribution in [2.45, 2.75) is 19.3 Å². The average molecular weight is 230 g/mol. The first-order valence-electron chi connectivity index (χ1n) is 4.04. The van der Waals surface area contributed by atoms with Crippen molar-refractivity contribution in [2.24, 2.45) is 0 Å². The van der Waals surface area contributed by atoms with Crippen LogP contribution in [0.3, 0.4) is 0 Å². The summed E-state index contributed by atoms with van der Waals surface area (Å²) >= 11 is 3.28. The molecular formula is C9H12BrNO. The van der Waals surface area contributed by atoms with E-state index in [2.05, 4.69) is 27.0 Å². The third-order valence-corrected chi connectivity index (χ3v) is 2.13. The lowest BCUT2D eigenvalue weighted by molar-refractivity contribution is 0.284. The first kappa shape index (κ1) is 9.68. The predicted octanol–water partition coefficient (Wildman–Crippen LogP) is 2.16. The number of halogens is 1. The Bertz CT molecular complexity index is 222. The second kappa shape index (κ2) is 5.27. The number of hydrogen-bond donors (Lipinski definition) is 1. The van der Waals surface area contributed by atoms with E-state index in [1.807, 2.05) is 12.3 Å². The van der Waals surface area contributed by atoms with Gasteiger partial charge in [-0.3, -0.25) is 0 Å². The number of pyridine rings is 1. The topological polar surface area (TPSA) is 33.1 Å². The fourth-order valence-corrected chi connectivity index (χ4v) is 1.23. The number of aromatic nitrogens is 1. The van der Waals surface area contributed by atoms with E-state index in [-0.39, 0.29) is 6.61 Å². The normalized spacial score (nSPS) is 10.2. The van der Waals surface area contributed by atoms with Crippen LogP contribution in [-0.2, 0) is 6.42 Å². The summed E-state index contributed by atoms with van der Waals surface area (Å²) in [5.74, 6) is 0. The zero-order valence-electron chi connectivity index (χ0n) is 6.83. The molecule has 0 radical (unpaired) electrons. The van der Waals surface area contributed by atoms with Gasteiger partial charge in [0.2, 0.25) is 0 Å². The van der Waals surface area contributed by atoms with Crippen LogP contribution in [0.4, 0.5) is 0 Å². The van der Waals surface area contributed by atoms with Gasteiger partial charge in [0, 0.05) is 12.8 Å². The maximum atomic E-state index is 8.57. The molecule has 0 amide bonds. The maximum absolute atomic E-state index is 8.57. The molecule has 0 bridgehead atoms. The van der Waals surface area contributed by atoms with Crippen LogP contribution in [0.25, 0.3) is 0 Å². The number of aliphatic hydroxyl groups is 1. The second-order valence-corrected chi connectivity index (χ2v) is 3.48. The van der Waals surface area contributed by atoms with Gasteiger partial charge >= 0.3 is 0 Å². The van der Waals surface area contributed by atoms with Crippen LogP contribution in [0.1, 0.15) is 18.4 Å². The van der Waals surface area contributed by atoms with Crippen molar-refractivity contribution in [3.05, 3.63) is 28.5 Å². The van der Waals surface area contributed by atoms with E-state index in [4.69, 9.17) is 5.11 Å². The lowest BCUT2D eigenvalue weighted by atomic mass is 10.1. The Morgan fingerprint density at radius 2 is 2.17 bits per heavy atom. The molecule has 1 heterocycles. The Hall–Kier alpha value is -0.410. The molecule has 0 saturated heterocycles. The van der Waals surface area contributed by atoms with Gasteiger partial charge in [-0.25, -0.2) is 4.98 Å². The molecule has 2 nitrogen and oxygen atoms in total. The lowest BCUT2D eigenvalue weighted by Gasteiger charge is -1.98. The Morgan fingerprint density at radius 1 is 1.33 bits per heavy atom. The first-order chi connectivity index (χ1) is 5.83. The van der Waals surface area contributed by atoms with Gasteiger partial charge in [0.1, 0.15) is 4.60 Å². The van der Waals surface area contributed by atoms with Crippen LogP contribution in [0.15, 0.2) is 22.9 Å². The van der Waals surface area contributed by atoms with Crippen molar-refractivity contribution in [1.29, 1.82) is 0 Å². The summed E-state index contributed by atoms with van der Waals surface area (Å²) in [7, 11) is 0. The highest BCUT2D eigenvalue weighted by Gasteiger charge is 1.93. The molecule has 66 valence electrons. The average Bonchev–Trinajstić information content (AvgIpc) is 2.09. The van der Waals surface area contributed by atoms with Gasteiger partial charge in [-0.1, -0.05) is 6.07 Å². The molecular weight excluding hydrogens is 218 g/mol. The summed E-state index contributed by atoms with van der Waals surface area (Å²) < 4.78 is 0.869. The van der Waals surface area contributed by atoms with Gasteiger partial charge in [0.05, 0.1) is 0 Å². The van der Waals surface area contributed by atoms with Crippen LogP contribution >= 0.6 is 15.9 Å². The molecule has 0 aromatic carbocycles. The molecule has 1 N–H and O–H groups in total. The number of rotatable bonds is 4. The van der Waals surface area contributed by atoms with Gasteiger partial charge in [0.15, 0.2) is 0 Å². The Balaban J connectivity index is 2.37. The number of unbranched alkanes of at least 4 members (excludes halogenated alkanes) is 1. The van der Waals surface area contributed by atoms with Gasteiger partial charge in [-0.15, -0.1) is 0 Å². The van der Waals surface area contributed by atoms with Crippen molar-refractivity contribution in [3.8, 4) is 0 Å². The molecule has 0 saturated carbocycles. The molecule has 12 heavy (non-hydrogen) atoms. The Kier molecular flexibility index (Phi) is 4.25. The molecule has 1 rings (SSSR count). The number of hydrogen-bond acceptors (Lipinski definition) is 2. The fraction of sp³-hybridized carbons (Fsp3) is 0.444. The molecule has 0 fully saturated rings. The minimum absolute atomic E-state index is 0.282. The van der Waals surface area contributed by atoms with Crippen LogP contribution < -0.4 is 0 Å². The molecule has 0 spiro atoms. The zero-order chi connectivity index (χ0) is 8.81. The first-order valence-corrected chi connectivity index (χ1v) is 4.83. The molecule has 1 aromatic heterocycles. The SMILES string of the molecule is OCCCCc1ccc(Br)nc1. The van der Waals surface area contributed by atoms with Crippen LogP contribution in [0.5, 0.6) is 0 Å². The summed E-state index contributed by atoms with van der Waals surface area (Å²) in [6.45, 7) is 0.282. The third-order valence-electron chi connectivity index (χ3n) is 1.66. The summed E-state index contributed by atoms with van der Waals surface area (Å²) in [6.07, 6.45) is 4.76. The smallest absolute Gasteiger partial charge is 0.106 e. The highest BCUT2D eigenvalue weighted by Crippen LogP contribution is 2.08. The quantitative estimate of drug-likeness (QED) is 0.635. The van der Waals surface area contributed by atoms with Gasteiger partial charge in [0.25, 0.3) is 0 Å². The lowest BCUT2D eigenvalue weighted by Crippen LogP contribution is -1.89. The van der Waals surface area contributed by atoms with E-state index in [0.717, 1.165) is 23.9 Å². The highest BCUT2D eigenvalue weighted by atomic mass is 79.9. The second-order valence-electron chi connectivity index (χ2n) is 2.67. The molecule has 1 aromatic rings. The molecule has 0 unspecified atom stereocenters. The van der Waals surface area contributed by atoms with Gasteiger partial charge in [-0.2, -0.15) is 0 Å². The van der Waals surface area contributed by atoms with Crippen molar-refractivity contribution >= 4 is 15.9 Å².